The van der Waals surface area contributed by atoms with Crippen LogP contribution in [0.5, 0.6) is 0 Å². The summed E-state index contributed by atoms with van der Waals surface area (Å²) < 4.78 is 23.8. The third-order valence-electron chi connectivity index (χ3n) is 2.23. The largest absolute Gasteiger partial charge is 0.261 e. The Hall–Kier alpha value is -1.47. The van der Waals surface area contributed by atoms with Crippen LogP contribution in [0.3, 0.4) is 0 Å². The molecule has 1 aromatic carbocycles. The lowest BCUT2D eigenvalue weighted by atomic mass is 10.2. The monoisotopic (exact) mass is 272 g/mol. The lowest BCUT2D eigenvalue weighted by Gasteiger charge is -2.02. The van der Waals surface area contributed by atoms with Gasteiger partial charge in [0.25, 0.3) is 9.05 Å². The van der Waals surface area contributed by atoms with Gasteiger partial charge in [0.1, 0.15) is 0 Å². The SMILES string of the molecule is CCn1nnnc1-c1ccc(S(=O)(=O)Cl)cc1. The van der Waals surface area contributed by atoms with E-state index in [0.29, 0.717) is 12.4 Å². The summed E-state index contributed by atoms with van der Waals surface area (Å²) in [6.45, 7) is 2.55. The number of hydrogen-bond donors (Lipinski definition) is 0. The number of hydrogen-bond acceptors (Lipinski definition) is 5. The molecule has 1 heterocycles. The van der Waals surface area contributed by atoms with Crippen molar-refractivity contribution >= 4 is 19.7 Å². The Morgan fingerprint density at radius 3 is 2.47 bits per heavy atom. The molecular formula is C9H9ClN4O2S. The summed E-state index contributed by atoms with van der Waals surface area (Å²) in [6, 6.07) is 6.08. The summed E-state index contributed by atoms with van der Waals surface area (Å²) >= 11 is 0. The first kappa shape index (κ1) is 12.0. The van der Waals surface area contributed by atoms with Gasteiger partial charge in [0.05, 0.1) is 4.90 Å². The number of halogens is 1. The van der Waals surface area contributed by atoms with Crippen molar-refractivity contribution in [3.63, 3.8) is 0 Å². The minimum atomic E-state index is -3.69. The Morgan fingerprint density at radius 1 is 1.29 bits per heavy atom. The second kappa shape index (κ2) is 4.42. The number of tetrazole rings is 1. The summed E-state index contributed by atoms with van der Waals surface area (Å²) in [7, 11) is 1.53. The van der Waals surface area contributed by atoms with E-state index in [0.717, 1.165) is 5.56 Å². The molecular weight excluding hydrogens is 264 g/mol. The van der Waals surface area contributed by atoms with Crippen molar-refractivity contribution in [2.45, 2.75) is 18.4 Å². The van der Waals surface area contributed by atoms with E-state index in [1.54, 1.807) is 16.8 Å². The van der Waals surface area contributed by atoms with Crippen LogP contribution in [0, 0.1) is 0 Å². The maximum atomic E-state index is 11.1. The molecule has 2 aromatic rings. The van der Waals surface area contributed by atoms with Gasteiger partial charge in [-0.3, -0.25) is 0 Å². The van der Waals surface area contributed by atoms with Crippen molar-refractivity contribution in [2.75, 3.05) is 0 Å². The van der Waals surface area contributed by atoms with Gasteiger partial charge in [-0.05, 0) is 41.6 Å². The van der Waals surface area contributed by atoms with Gasteiger partial charge >= 0.3 is 0 Å². The van der Waals surface area contributed by atoms with E-state index in [1.165, 1.54) is 12.1 Å². The van der Waals surface area contributed by atoms with E-state index in [-0.39, 0.29) is 4.90 Å². The molecule has 0 aliphatic heterocycles. The number of rotatable bonds is 3. The summed E-state index contributed by atoms with van der Waals surface area (Å²) in [5.41, 5.74) is 0.737. The predicted molar refractivity (Wildman–Crippen MR) is 62.0 cm³/mol. The van der Waals surface area contributed by atoms with Crippen molar-refractivity contribution in [3.8, 4) is 11.4 Å². The molecule has 8 heteroatoms. The average Bonchev–Trinajstić information content (AvgIpc) is 2.76. The van der Waals surface area contributed by atoms with Gasteiger partial charge in [0.15, 0.2) is 5.82 Å². The molecule has 0 bridgehead atoms. The third kappa shape index (κ3) is 2.45. The van der Waals surface area contributed by atoms with Gasteiger partial charge in [0, 0.05) is 22.8 Å². The molecule has 0 aliphatic carbocycles. The molecule has 0 fully saturated rings. The average molecular weight is 273 g/mol. The molecule has 2 rings (SSSR count). The summed E-state index contributed by atoms with van der Waals surface area (Å²) in [5, 5.41) is 11.2. The fraction of sp³-hybridized carbons (Fsp3) is 0.222. The van der Waals surface area contributed by atoms with Crippen LogP contribution in [0.1, 0.15) is 6.92 Å². The Labute approximate surface area is 103 Å². The van der Waals surface area contributed by atoms with Gasteiger partial charge in [-0.1, -0.05) is 0 Å². The van der Waals surface area contributed by atoms with Crippen LogP contribution in [0.2, 0.25) is 0 Å². The first-order chi connectivity index (χ1) is 8.02. The zero-order chi connectivity index (χ0) is 12.5. The van der Waals surface area contributed by atoms with Crippen molar-refractivity contribution < 1.29 is 8.42 Å². The number of benzene rings is 1. The fourth-order valence-electron chi connectivity index (χ4n) is 1.39. The minimum Gasteiger partial charge on any atom is -0.226 e. The first-order valence-electron chi connectivity index (χ1n) is 4.83. The first-order valence-corrected chi connectivity index (χ1v) is 7.14. The highest BCUT2D eigenvalue weighted by Crippen LogP contribution is 2.20. The maximum Gasteiger partial charge on any atom is 0.261 e. The van der Waals surface area contributed by atoms with E-state index < -0.39 is 9.05 Å². The Morgan fingerprint density at radius 2 is 1.94 bits per heavy atom. The highest BCUT2D eigenvalue weighted by atomic mass is 35.7. The zero-order valence-corrected chi connectivity index (χ0v) is 10.5. The molecule has 0 saturated heterocycles. The van der Waals surface area contributed by atoms with Crippen molar-refractivity contribution in [1.82, 2.24) is 20.2 Å². The summed E-state index contributed by atoms with van der Waals surface area (Å²) in [4.78, 5) is 0.0541. The van der Waals surface area contributed by atoms with Crippen LogP contribution in [0.15, 0.2) is 29.2 Å². The minimum absolute atomic E-state index is 0.0541. The smallest absolute Gasteiger partial charge is 0.226 e. The number of aromatic nitrogens is 4. The molecule has 0 radical (unpaired) electrons. The quantitative estimate of drug-likeness (QED) is 0.787. The molecule has 17 heavy (non-hydrogen) atoms. The van der Waals surface area contributed by atoms with Gasteiger partial charge < -0.3 is 0 Å². The van der Waals surface area contributed by atoms with Crippen LogP contribution < -0.4 is 0 Å². The Balaban J connectivity index is 2.43. The topological polar surface area (TPSA) is 77.7 Å². The van der Waals surface area contributed by atoms with Gasteiger partial charge in [0.2, 0.25) is 0 Å². The summed E-state index contributed by atoms with van der Waals surface area (Å²) in [5.74, 6) is 0.589. The molecule has 0 amide bonds. The van der Waals surface area contributed by atoms with Crippen molar-refractivity contribution in [3.05, 3.63) is 24.3 Å². The lowest BCUT2D eigenvalue weighted by Crippen LogP contribution is -2.00. The molecule has 1 aromatic heterocycles. The van der Waals surface area contributed by atoms with Crippen LogP contribution in [0.4, 0.5) is 0 Å². The van der Waals surface area contributed by atoms with Crippen LogP contribution >= 0.6 is 10.7 Å². The van der Waals surface area contributed by atoms with Crippen LogP contribution in [-0.4, -0.2) is 28.6 Å². The maximum absolute atomic E-state index is 11.1. The molecule has 6 nitrogen and oxygen atoms in total. The Bertz CT molecular complexity index is 621. The molecule has 0 spiro atoms. The van der Waals surface area contributed by atoms with E-state index in [1.807, 2.05) is 6.92 Å². The van der Waals surface area contributed by atoms with E-state index in [9.17, 15) is 8.42 Å². The molecule has 0 atom stereocenters. The van der Waals surface area contributed by atoms with Gasteiger partial charge in [-0.25, -0.2) is 13.1 Å². The molecule has 0 aliphatic rings. The summed E-state index contributed by atoms with van der Waals surface area (Å²) in [6.07, 6.45) is 0. The molecule has 0 N–H and O–H groups in total. The second-order valence-electron chi connectivity index (χ2n) is 3.28. The van der Waals surface area contributed by atoms with E-state index in [4.69, 9.17) is 10.7 Å². The molecule has 0 unspecified atom stereocenters. The second-order valence-corrected chi connectivity index (χ2v) is 5.85. The number of aryl methyl sites for hydroxylation is 1. The zero-order valence-electron chi connectivity index (χ0n) is 8.91. The van der Waals surface area contributed by atoms with Gasteiger partial charge in [-0.2, -0.15) is 0 Å². The fourth-order valence-corrected chi connectivity index (χ4v) is 2.16. The normalized spacial score (nSPS) is 11.6. The van der Waals surface area contributed by atoms with Crippen molar-refractivity contribution in [2.24, 2.45) is 0 Å². The standard InChI is InChI=1S/C9H9ClN4O2S/c1-2-14-9(11-12-13-14)7-3-5-8(6-4-7)17(10,15)16/h3-6H,2H2,1H3. The highest BCUT2D eigenvalue weighted by molar-refractivity contribution is 8.13. The Kier molecular flexibility index (Phi) is 3.12. The van der Waals surface area contributed by atoms with Crippen LogP contribution in [-0.2, 0) is 15.6 Å². The van der Waals surface area contributed by atoms with E-state index >= 15 is 0 Å². The number of nitrogens with zero attached hydrogens (tertiary/aromatic N) is 4. The highest BCUT2D eigenvalue weighted by Gasteiger charge is 2.12. The third-order valence-corrected chi connectivity index (χ3v) is 3.60. The molecule has 0 saturated carbocycles. The van der Waals surface area contributed by atoms with Gasteiger partial charge in [-0.15, -0.1) is 5.10 Å². The molecule has 90 valence electrons. The van der Waals surface area contributed by atoms with Crippen LogP contribution in [0.25, 0.3) is 11.4 Å². The lowest BCUT2D eigenvalue weighted by molar-refractivity contribution is 0.609. The van der Waals surface area contributed by atoms with E-state index in [2.05, 4.69) is 15.5 Å². The van der Waals surface area contributed by atoms with Crippen molar-refractivity contribution in [1.29, 1.82) is 0 Å². The predicted octanol–water partition coefficient (Wildman–Crippen LogP) is 1.29.